The fourth-order valence-corrected chi connectivity index (χ4v) is 2.74. The van der Waals surface area contributed by atoms with Crippen molar-refractivity contribution in [1.29, 1.82) is 0 Å². The lowest BCUT2D eigenvalue weighted by molar-refractivity contribution is 0.477. The molecule has 0 heterocycles. The van der Waals surface area contributed by atoms with Crippen molar-refractivity contribution in [3.05, 3.63) is 28.2 Å². The van der Waals surface area contributed by atoms with Gasteiger partial charge in [-0.3, -0.25) is 0 Å². The van der Waals surface area contributed by atoms with Crippen molar-refractivity contribution < 1.29 is 12.6 Å². The Morgan fingerprint density at radius 1 is 1.29 bits per heavy atom. The molecule has 96 valence electrons. The molecule has 3 nitrogen and oxygen atoms in total. The zero-order valence-electron chi connectivity index (χ0n) is 9.61. The second-order valence-corrected chi connectivity index (χ2v) is 6.56. The van der Waals surface area contributed by atoms with Gasteiger partial charge in [0.2, 0.25) is 0 Å². The Labute approximate surface area is 112 Å². The fraction of sp³-hybridized carbons (Fsp3) is 0.455. The van der Waals surface area contributed by atoms with E-state index in [0.717, 1.165) is 0 Å². The third kappa shape index (κ3) is 4.74. The molecule has 1 aromatic carbocycles. The summed E-state index contributed by atoms with van der Waals surface area (Å²) in [6, 6.07) is 4.63. The topological polar surface area (TPSA) is 43.4 Å². The highest BCUT2D eigenvalue weighted by molar-refractivity contribution is 7.87. The van der Waals surface area contributed by atoms with Crippen LogP contribution in [0.4, 0.5) is 0 Å². The Morgan fingerprint density at radius 3 is 2.53 bits per heavy atom. The molecule has 0 aliphatic rings. The monoisotopic (exact) mass is 296 g/mol. The molecule has 0 aliphatic heterocycles. The van der Waals surface area contributed by atoms with Gasteiger partial charge in [0.15, 0.2) is 5.75 Å². The van der Waals surface area contributed by atoms with Gasteiger partial charge in [-0.25, -0.2) is 0 Å². The van der Waals surface area contributed by atoms with Crippen LogP contribution < -0.4 is 4.18 Å². The van der Waals surface area contributed by atoms with E-state index in [2.05, 4.69) is 0 Å². The van der Waals surface area contributed by atoms with Crippen LogP contribution in [0.3, 0.4) is 0 Å². The van der Waals surface area contributed by atoms with Crippen LogP contribution in [0.15, 0.2) is 18.2 Å². The van der Waals surface area contributed by atoms with Gasteiger partial charge in [0.1, 0.15) is 5.02 Å². The molecule has 1 aromatic rings. The van der Waals surface area contributed by atoms with Crippen molar-refractivity contribution in [2.24, 2.45) is 5.92 Å². The molecule has 0 atom stereocenters. The van der Waals surface area contributed by atoms with E-state index in [9.17, 15) is 8.42 Å². The molecule has 6 heteroatoms. The fourth-order valence-electron chi connectivity index (χ4n) is 1.11. The Bertz CT molecular complexity index is 483. The molecule has 0 aliphatic carbocycles. The smallest absolute Gasteiger partial charge is 0.309 e. The summed E-state index contributed by atoms with van der Waals surface area (Å²) >= 11 is 11.6. The third-order valence-corrected chi connectivity index (χ3v) is 4.05. The summed E-state index contributed by atoms with van der Waals surface area (Å²) in [6.45, 7) is 3.89. The van der Waals surface area contributed by atoms with E-state index < -0.39 is 10.1 Å². The van der Waals surface area contributed by atoms with Crippen molar-refractivity contribution in [2.45, 2.75) is 20.3 Å². The first-order valence-corrected chi connectivity index (χ1v) is 7.51. The van der Waals surface area contributed by atoms with Crippen LogP contribution in [0.5, 0.6) is 5.75 Å². The quantitative estimate of drug-likeness (QED) is 0.777. The molecule has 0 aromatic heterocycles. The van der Waals surface area contributed by atoms with Gasteiger partial charge in [-0.05, 0) is 24.5 Å². The van der Waals surface area contributed by atoms with Crippen LogP contribution in [0.25, 0.3) is 0 Å². The van der Waals surface area contributed by atoms with Crippen molar-refractivity contribution >= 4 is 33.3 Å². The summed E-state index contributed by atoms with van der Waals surface area (Å²) in [5.41, 5.74) is 0. The average molecular weight is 297 g/mol. The summed E-state index contributed by atoms with van der Waals surface area (Å²) in [6.07, 6.45) is 0.542. The van der Waals surface area contributed by atoms with Crippen molar-refractivity contribution in [1.82, 2.24) is 0 Å². The maximum absolute atomic E-state index is 11.6. The van der Waals surface area contributed by atoms with Gasteiger partial charge in [-0.2, -0.15) is 8.42 Å². The minimum absolute atomic E-state index is 0.0342. The molecular weight excluding hydrogens is 283 g/mol. The molecule has 0 fully saturated rings. The van der Waals surface area contributed by atoms with Gasteiger partial charge in [0.25, 0.3) is 0 Å². The molecular formula is C11H14Cl2O3S. The summed E-state index contributed by atoms with van der Waals surface area (Å²) in [5, 5.41) is 0.380. The Balaban J connectivity index is 2.80. The van der Waals surface area contributed by atoms with E-state index in [1.807, 2.05) is 13.8 Å². The van der Waals surface area contributed by atoms with Gasteiger partial charge in [-0.1, -0.05) is 43.1 Å². The molecule has 0 amide bonds. The molecule has 17 heavy (non-hydrogen) atoms. The summed E-state index contributed by atoms with van der Waals surface area (Å²) in [5.74, 6) is 0.333. The van der Waals surface area contributed by atoms with E-state index in [1.165, 1.54) is 6.07 Å². The van der Waals surface area contributed by atoms with E-state index in [1.54, 1.807) is 12.1 Å². The van der Waals surface area contributed by atoms with Gasteiger partial charge in [-0.15, -0.1) is 0 Å². The lowest BCUT2D eigenvalue weighted by atomic mass is 10.2. The average Bonchev–Trinajstić information content (AvgIpc) is 2.22. The van der Waals surface area contributed by atoms with Crippen LogP contribution in [-0.2, 0) is 10.1 Å². The van der Waals surface area contributed by atoms with Gasteiger partial charge >= 0.3 is 10.1 Å². The predicted octanol–water partition coefficient (Wildman–Crippen LogP) is 3.75. The van der Waals surface area contributed by atoms with Gasteiger partial charge in [0, 0.05) is 0 Å². The van der Waals surface area contributed by atoms with Crippen molar-refractivity contribution in [2.75, 3.05) is 5.75 Å². The maximum Gasteiger partial charge on any atom is 0.309 e. The highest BCUT2D eigenvalue weighted by Gasteiger charge is 2.16. The van der Waals surface area contributed by atoms with E-state index >= 15 is 0 Å². The highest BCUT2D eigenvalue weighted by atomic mass is 35.5. The number of benzene rings is 1. The largest absolute Gasteiger partial charge is 0.381 e. The van der Waals surface area contributed by atoms with E-state index in [-0.39, 0.29) is 21.5 Å². The molecule has 0 saturated heterocycles. The van der Waals surface area contributed by atoms with Crippen molar-refractivity contribution in [3.8, 4) is 5.75 Å². The predicted molar refractivity (Wildman–Crippen MR) is 70.3 cm³/mol. The Morgan fingerprint density at radius 2 is 1.94 bits per heavy atom. The third-order valence-electron chi connectivity index (χ3n) is 2.08. The summed E-state index contributed by atoms with van der Waals surface area (Å²) < 4.78 is 28.2. The number of rotatable bonds is 5. The normalized spacial score (nSPS) is 11.8. The Kier molecular flexibility index (Phi) is 5.10. The first kappa shape index (κ1) is 14.6. The molecule has 0 saturated carbocycles. The number of hydrogen-bond acceptors (Lipinski definition) is 3. The second kappa shape index (κ2) is 5.94. The van der Waals surface area contributed by atoms with Crippen LogP contribution >= 0.6 is 23.2 Å². The summed E-state index contributed by atoms with van der Waals surface area (Å²) in [7, 11) is -3.61. The van der Waals surface area contributed by atoms with Gasteiger partial charge in [0.05, 0.1) is 10.8 Å². The number of hydrogen-bond donors (Lipinski definition) is 0. The van der Waals surface area contributed by atoms with E-state index in [0.29, 0.717) is 12.3 Å². The van der Waals surface area contributed by atoms with Crippen LogP contribution in [-0.4, -0.2) is 14.2 Å². The van der Waals surface area contributed by atoms with Crippen LogP contribution in [0.1, 0.15) is 20.3 Å². The first-order chi connectivity index (χ1) is 7.82. The second-order valence-electron chi connectivity index (χ2n) is 4.08. The standard InChI is InChI=1S/C11H14Cl2O3S/c1-8(2)6-7-17(14,15)16-10-5-3-4-9(12)11(10)13/h3-5,8H,6-7H2,1-2H3. The first-order valence-electron chi connectivity index (χ1n) is 5.18. The Hall–Kier alpha value is -0.450. The SMILES string of the molecule is CC(C)CCS(=O)(=O)Oc1cccc(Cl)c1Cl. The zero-order chi connectivity index (χ0) is 13.1. The molecule has 1 rings (SSSR count). The molecule has 0 spiro atoms. The molecule has 0 bridgehead atoms. The van der Waals surface area contributed by atoms with E-state index in [4.69, 9.17) is 27.4 Å². The lowest BCUT2D eigenvalue weighted by Crippen LogP contribution is -2.15. The maximum atomic E-state index is 11.6. The molecule has 0 radical (unpaired) electrons. The van der Waals surface area contributed by atoms with Crippen LogP contribution in [0.2, 0.25) is 10.0 Å². The number of halogens is 2. The highest BCUT2D eigenvalue weighted by Crippen LogP contribution is 2.32. The zero-order valence-corrected chi connectivity index (χ0v) is 11.9. The minimum Gasteiger partial charge on any atom is -0.381 e. The minimum atomic E-state index is -3.61. The molecule has 0 N–H and O–H groups in total. The summed E-state index contributed by atoms with van der Waals surface area (Å²) in [4.78, 5) is 0. The van der Waals surface area contributed by atoms with Gasteiger partial charge < -0.3 is 4.18 Å². The lowest BCUT2D eigenvalue weighted by Gasteiger charge is -2.10. The van der Waals surface area contributed by atoms with Crippen LogP contribution in [0, 0.1) is 5.92 Å². The molecule has 0 unspecified atom stereocenters. The van der Waals surface area contributed by atoms with Crippen molar-refractivity contribution in [3.63, 3.8) is 0 Å².